The number of hydrogen-bond donors (Lipinski definition) is 1. The molecular weight excluding hydrogens is 184 g/mol. The summed E-state index contributed by atoms with van der Waals surface area (Å²) in [5.74, 6) is -2.06. The third-order valence-corrected chi connectivity index (χ3v) is 4.06. The summed E-state index contributed by atoms with van der Waals surface area (Å²) >= 11 is 0. The molecule has 0 aromatic heterocycles. The van der Waals surface area contributed by atoms with Crippen molar-refractivity contribution in [3.05, 3.63) is 0 Å². The largest absolute Gasteiger partial charge is 0.325 e. The molecule has 2 saturated carbocycles. The Morgan fingerprint density at radius 1 is 0.929 bits per heavy atom. The van der Waals surface area contributed by atoms with Crippen LogP contribution in [0.3, 0.4) is 0 Å². The molecule has 2 aliphatic rings. The van der Waals surface area contributed by atoms with Crippen LogP contribution in [0.2, 0.25) is 0 Å². The second-order valence-corrected chi connectivity index (χ2v) is 5.07. The highest BCUT2D eigenvalue weighted by Gasteiger charge is 2.43. The minimum Gasteiger partial charge on any atom is -0.325 e. The minimum absolute atomic E-state index is 0.0522. The normalized spacial score (nSPS) is 31.9. The van der Waals surface area contributed by atoms with Crippen molar-refractivity contribution >= 4 is 0 Å². The molecule has 0 bridgehead atoms. The SMILES string of the molecule is NC1(C2CCC(F)(F)CC2)CCCC1. The van der Waals surface area contributed by atoms with Gasteiger partial charge in [0.2, 0.25) is 5.92 Å². The standard InChI is InChI=1S/C11H19F2N/c12-11(13)7-3-9(4-8-11)10(14)5-1-2-6-10/h9H,1-8,14H2. The summed E-state index contributed by atoms with van der Waals surface area (Å²) in [4.78, 5) is 0. The monoisotopic (exact) mass is 203 g/mol. The predicted octanol–water partition coefficient (Wildman–Crippen LogP) is 3.08. The number of halogens is 2. The first-order chi connectivity index (χ1) is 6.52. The molecule has 14 heavy (non-hydrogen) atoms. The lowest BCUT2D eigenvalue weighted by Gasteiger charge is -2.38. The van der Waals surface area contributed by atoms with E-state index < -0.39 is 5.92 Å². The minimum atomic E-state index is -2.41. The van der Waals surface area contributed by atoms with Crippen molar-refractivity contribution in [2.45, 2.75) is 62.8 Å². The van der Waals surface area contributed by atoms with Crippen LogP contribution in [-0.4, -0.2) is 11.5 Å². The maximum atomic E-state index is 12.9. The fourth-order valence-electron chi connectivity index (χ4n) is 3.06. The van der Waals surface area contributed by atoms with Gasteiger partial charge in [0.05, 0.1) is 0 Å². The van der Waals surface area contributed by atoms with Gasteiger partial charge in [-0.25, -0.2) is 8.78 Å². The zero-order chi connectivity index (χ0) is 10.2. The third-order valence-electron chi connectivity index (χ3n) is 4.06. The van der Waals surface area contributed by atoms with E-state index in [1.54, 1.807) is 0 Å². The predicted molar refractivity (Wildman–Crippen MR) is 52.3 cm³/mol. The molecule has 0 aliphatic heterocycles. The van der Waals surface area contributed by atoms with Crippen molar-refractivity contribution in [3.63, 3.8) is 0 Å². The van der Waals surface area contributed by atoms with Gasteiger partial charge in [-0.1, -0.05) is 12.8 Å². The molecule has 0 unspecified atom stereocenters. The van der Waals surface area contributed by atoms with E-state index in [9.17, 15) is 8.78 Å². The molecule has 0 amide bonds. The smallest absolute Gasteiger partial charge is 0.248 e. The van der Waals surface area contributed by atoms with Gasteiger partial charge in [0.15, 0.2) is 0 Å². The van der Waals surface area contributed by atoms with E-state index in [1.165, 1.54) is 12.8 Å². The molecule has 0 aromatic carbocycles. The summed E-state index contributed by atoms with van der Waals surface area (Å²) in [7, 11) is 0. The van der Waals surface area contributed by atoms with Gasteiger partial charge < -0.3 is 5.73 Å². The lowest BCUT2D eigenvalue weighted by atomic mass is 9.73. The van der Waals surface area contributed by atoms with E-state index in [-0.39, 0.29) is 18.4 Å². The Hall–Kier alpha value is -0.180. The molecule has 2 rings (SSSR count). The Morgan fingerprint density at radius 2 is 1.43 bits per heavy atom. The van der Waals surface area contributed by atoms with Crippen LogP contribution in [0, 0.1) is 5.92 Å². The van der Waals surface area contributed by atoms with Gasteiger partial charge in [-0.15, -0.1) is 0 Å². The van der Waals surface area contributed by atoms with Gasteiger partial charge in [0.25, 0.3) is 0 Å². The molecule has 1 nitrogen and oxygen atoms in total. The van der Waals surface area contributed by atoms with Gasteiger partial charge in [-0.3, -0.25) is 0 Å². The van der Waals surface area contributed by atoms with Crippen LogP contribution in [0.4, 0.5) is 8.78 Å². The molecule has 0 spiro atoms. The molecule has 0 heterocycles. The number of nitrogens with two attached hydrogens (primary N) is 1. The molecule has 0 aromatic rings. The van der Waals surface area contributed by atoms with E-state index in [1.807, 2.05) is 0 Å². The summed E-state index contributed by atoms with van der Waals surface area (Å²) in [6.45, 7) is 0. The van der Waals surface area contributed by atoms with Gasteiger partial charge in [0, 0.05) is 18.4 Å². The fourth-order valence-corrected chi connectivity index (χ4v) is 3.06. The summed E-state index contributed by atoms with van der Waals surface area (Å²) in [5, 5.41) is 0. The van der Waals surface area contributed by atoms with E-state index in [0.717, 1.165) is 12.8 Å². The molecule has 3 heteroatoms. The van der Waals surface area contributed by atoms with Crippen molar-refractivity contribution in [2.24, 2.45) is 11.7 Å². The second-order valence-electron chi connectivity index (χ2n) is 5.07. The van der Waals surface area contributed by atoms with Crippen molar-refractivity contribution in [1.82, 2.24) is 0 Å². The summed E-state index contributed by atoms with van der Waals surface area (Å²) in [5.41, 5.74) is 6.18. The van der Waals surface area contributed by atoms with Crippen LogP contribution < -0.4 is 5.73 Å². The maximum Gasteiger partial charge on any atom is 0.248 e. The van der Waals surface area contributed by atoms with Crippen LogP contribution in [0.5, 0.6) is 0 Å². The summed E-state index contributed by atoms with van der Waals surface area (Å²) in [6, 6.07) is 0. The van der Waals surface area contributed by atoms with Crippen LogP contribution in [0.15, 0.2) is 0 Å². The van der Waals surface area contributed by atoms with Crippen LogP contribution >= 0.6 is 0 Å². The van der Waals surface area contributed by atoms with Crippen molar-refractivity contribution in [3.8, 4) is 0 Å². The Labute approximate surface area is 84.0 Å². The van der Waals surface area contributed by atoms with Crippen LogP contribution in [0.25, 0.3) is 0 Å². The Bertz CT molecular complexity index is 199. The second kappa shape index (κ2) is 3.44. The average molecular weight is 203 g/mol. The van der Waals surface area contributed by atoms with E-state index in [4.69, 9.17) is 5.73 Å². The Morgan fingerprint density at radius 3 is 1.93 bits per heavy atom. The first-order valence-corrected chi connectivity index (χ1v) is 5.69. The zero-order valence-corrected chi connectivity index (χ0v) is 8.57. The van der Waals surface area contributed by atoms with Crippen molar-refractivity contribution in [1.29, 1.82) is 0 Å². The number of alkyl halides is 2. The Balaban J connectivity index is 1.94. The topological polar surface area (TPSA) is 26.0 Å². The highest BCUT2D eigenvalue weighted by atomic mass is 19.3. The summed E-state index contributed by atoms with van der Waals surface area (Å²) in [6.07, 6.45) is 5.82. The lowest BCUT2D eigenvalue weighted by molar-refractivity contribution is -0.0542. The lowest BCUT2D eigenvalue weighted by Crippen LogP contribution is -2.47. The third kappa shape index (κ3) is 1.92. The first kappa shape index (κ1) is 10.3. The first-order valence-electron chi connectivity index (χ1n) is 5.69. The van der Waals surface area contributed by atoms with Gasteiger partial charge in [-0.05, 0) is 31.6 Å². The zero-order valence-electron chi connectivity index (χ0n) is 8.57. The van der Waals surface area contributed by atoms with Gasteiger partial charge in [0.1, 0.15) is 0 Å². The molecule has 0 atom stereocenters. The fraction of sp³-hybridized carbons (Fsp3) is 1.00. The molecule has 2 N–H and O–H groups in total. The van der Waals surface area contributed by atoms with Crippen molar-refractivity contribution < 1.29 is 8.78 Å². The highest BCUT2D eigenvalue weighted by molar-refractivity contribution is 4.97. The van der Waals surface area contributed by atoms with Crippen molar-refractivity contribution in [2.75, 3.05) is 0 Å². The molecule has 2 aliphatic carbocycles. The molecule has 82 valence electrons. The maximum absolute atomic E-state index is 12.9. The number of hydrogen-bond acceptors (Lipinski definition) is 1. The average Bonchev–Trinajstić information content (AvgIpc) is 2.53. The van der Waals surface area contributed by atoms with Crippen LogP contribution in [0.1, 0.15) is 51.4 Å². The van der Waals surface area contributed by atoms with E-state index >= 15 is 0 Å². The molecule has 0 radical (unpaired) electrons. The summed E-state index contributed by atoms with van der Waals surface area (Å²) < 4.78 is 25.9. The number of rotatable bonds is 1. The molecule has 0 saturated heterocycles. The van der Waals surface area contributed by atoms with Crippen LogP contribution in [-0.2, 0) is 0 Å². The van der Waals surface area contributed by atoms with E-state index in [2.05, 4.69) is 0 Å². The quantitative estimate of drug-likeness (QED) is 0.696. The van der Waals surface area contributed by atoms with Gasteiger partial charge >= 0.3 is 0 Å². The molecule has 2 fully saturated rings. The molecular formula is C11H19F2N. The van der Waals surface area contributed by atoms with E-state index in [0.29, 0.717) is 18.8 Å². The van der Waals surface area contributed by atoms with Gasteiger partial charge in [-0.2, -0.15) is 0 Å². The Kier molecular flexibility index (Phi) is 2.54. The highest BCUT2D eigenvalue weighted by Crippen LogP contribution is 2.44.